The van der Waals surface area contributed by atoms with E-state index in [1.165, 1.54) is 0 Å². The van der Waals surface area contributed by atoms with Gasteiger partial charge in [-0.15, -0.1) is 0 Å². The summed E-state index contributed by atoms with van der Waals surface area (Å²) in [5.41, 5.74) is -0.0799. The molecule has 0 heterocycles. The maximum atomic E-state index is 10.3. The van der Waals surface area contributed by atoms with Gasteiger partial charge in [0.25, 0.3) is 0 Å². The first-order chi connectivity index (χ1) is 4.02. The second-order valence-corrected chi connectivity index (χ2v) is 2.97. The summed E-state index contributed by atoms with van der Waals surface area (Å²) in [7, 11) is 0. The third-order valence-electron chi connectivity index (χ3n) is 1.23. The molecule has 2 nitrogen and oxygen atoms in total. The second-order valence-electron chi connectivity index (χ2n) is 2.97. The molecule has 9 heavy (non-hydrogen) atoms. The van der Waals surface area contributed by atoms with Gasteiger partial charge >= 0.3 is 0 Å². The van der Waals surface area contributed by atoms with E-state index >= 15 is 0 Å². The van der Waals surface area contributed by atoms with Gasteiger partial charge < -0.3 is 4.90 Å². The minimum atomic E-state index is -0.0799. The van der Waals surface area contributed by atoms with Crippen LogP contribution in [0.2, 0.25) is 0 Å². The number of rotatable bonds is 2. The fraction of sp³-hybridized carbons (Fsp3) is 0.714. The van der Waals surface area contributed by atoms with Gasteiger partial charge in [0.05, 0.1) is 0 Å². The van der Waals surface area contributed by atoms with Crippen molar-refractivity contribution in [3.05, 3.63) is 6.92 Å². The quantitative estimate of drug-likeness (QED) is 0.509. The van der Waals surface area contributed by atoms with E-state index in [-0.39, 0.29) is 5.54 Å². The second kappa shape index (κ2) is 2.85. The Labute approximate surface area is 56.9 Å². The molecule has 0 aromatic heterocycles. The molecule has 0 unspecified atom stereocenters. The molecule has 0 spiro atoms. The highest BCUT2D eigenvalue weighted by atomic mass is 16.1. The lowest BCUT2D eigenvalue weighted by Crippen LogP contribution is -2.39. The van der Waals surface area contributed by atoms with Gasteiger partial charge in [-0.25, -0.2) is 0 Å². The number of hydrogen-bond acceptors (Lipinski definition) is 1. The van der Waals surface area contributed by atoms with Gasteiger partial charge in [-0.2, -0.15) is 0 Å². The molecule has 0 saturated carbocycles. The van der Waals surface area contributed by atoms with Crippen molar-refractivity contribution >= 4 is 6.41 Å². The zero-order valence-corrected chi connectivity index (χ0v) is 6.35. The highest BCUT2D eigenvalue weighted by Gasteiger charge is 2.16. The standard InChI is InChI=1S/C7H14NO/c1-5-8(6-9)7(2,3)4/h6H,1,5H2,2-4H3. The lowest BCUT2D eigenvalue weighted by Gasteiger charge is -2.30. The number of carbonyl (C=O) groups excluding carboxylic acids is 1. The third-order valence-corrected chi connectivity index (χ3v) is 1.23. The van der Waals surface area contributed by atoms with E-state index < -0.39 is 0 Å². The Morgan fingerprint density at radius 1 is 1.56 bits per heavy atom. The van der Waals surface area contributed by atoms with E-state index in [4.69, 9.17) is 0 Å². The fourth-order valence-corrected chi connectivity index (χ4v) is 0.546. The Kier molecular flexibility index (Phi) is 2.68. The SMILES string of the molecule is [CH2]CN(C=O)C(C)(C)C. The minimum absolute atomic E-state index is 0.0799. The van der Waals surface area contributed by atoms with Gasteiger partial charge in [0.15, 0.2) is 0 Å². The van der Waals surface area contributed by atoms with Crippen LogP contribution >= 0.6 is 0 Å². The topological polar surface area (TPSA) is 20.3 Å². The van der Waals surface area contributed by atoms with Crippen LogP contribution in [0.25, 0.3) is 0 Å². The Morgan fingerprint density at radius 2 is 2.00 bits per heavy atom. The zero-order valence-electron chi connectivity index (χ0n) is 6.35. The van der Waals surface area contributed by atoms with Crippen LogP contribution in [-0.2, 0) is 4.79 Å². The van der Waals surface area contributed by atoms with Crippen molar-refractivity contribution < 1.29 is 4.79 Å². The molecular weight excluding hydrogens is 114 g/mol. The molecule has 0 aliphatic heterocycles. The smallest absolute Gasteiger partial charge is 0.210 e. The van der Waals surface area contributed by atoms with Gasteiger partial charge in [-0.3, -0.25) is 4.79 Å². The summed E-state index contributed by atoms with van der Waals surface area (Å²) < 4.78 is 0. The predicted molar refractivity (Wildman–Crippen MR) is 37.9 cm³/mol. The van der Waals surface area contributed by atoms with E-state index in [9.17, 15) is 4.79 Å². The van der Waals surface area contributed by atoms with Crippen LogP contribution in [0, 0.1) is 6.92 Å². The molecule has 0 aliphatic carbocycles. The van der Waals surface area contributed by atoms with Crippen LogP contribution in [0.15, 0.2) is 0 Å². The molecule has 53 valence electrons. The van der Waals surface area contributed by atoms with E-state index in [1.54, 1.807) is 4.90 Å². The Bertz CT molecular complexity index is 93.6. The van der Waals surface area contributed by atoms with Crippen molar-refractivity contribution in [2.75, 3.05) is 6.54 Å². The molecule has 0 fully saturated rings. The average Bonchev–Trinajstić information content (AvgIpc) is 1.65. The van der Waals surface area contributed by atoms with Gasteiger partial charge in [0, 0.05) is 12.1 Å². The lowest BCUT2D eigenvalue weighted by molar-refractivity contribution is -0.121. The monoisotopic (exact) mass is 128 g/mol. The molecule has 0 N–H and O–H groups in total. The zero-order chi connectivity index (χ0) is 7.49. The molecule has 2 heteroatoms. The van der Waals surface area contributed by atoms with Crippen molar-refractivity contribution in [3.8, 4) is 0 Å². The van der Waals surface area contributed by atoms with Crippen LogP contribution in [0.3, 0.4) is 0 Å². The largest absolute Gasteiger partial charge is 0.340 e. The van der Waals surface area contributed by atoms with E-state index in [2.05, 4.69) is 6.92 Å². The molecule has 0 aromatic carbocycles. The molecule has 0 aliphatic rings. The molecule has 1 amide bonds. The summed E-state index contributed by atoms with van der Waals surface area (Å²) in [5, 5.41) is 0. The first-order valence-corrected chi connectivity index (χ1v) is 3.03. The fourth-order valence-electron chi connectivity index (χ4n) is 0.546. The van der Waals surface area contributed by atoms with E-state index in [1.807, 2.05) is 20.8 Å². The highest BCUT2D eigenvalue weighted by Crippen LogP contribution is 2.08. The van der Waals surface area contributed by atoms with Crippen LogP contribution in [0.4, 0.5) is 0 Å². The minimum Gasteiger partial charge on any atom is -0.340 e. The summed E-state index contributed by atoms with van der Waals surface area (Å²) in [4.78, 5) is 11.9. The van der Waals surface area contributed by atoms with Crippen molar-refractivity contribution in [2.45, 2.75) is 26.3 Å². The summed E-state index contributed by atoms with van der Waals surface area (Å²) in [5.74, 6) is 0. The molecule has 1 radical (unpaired) electrons. The van der Waals surface area contributed by atoms with E-state index in [0.717, 1.165) is 6.41 Å². The first kappa shape index (κ1) is 8.47. The molecule has 0 saturated heterocycles. The van der Waals surface area contributed by atoms with E-state index in [0.29, 0.717) is 6.54 Å². The number of amides is 1. The van der Waals surface area contributed by atoms with Gasteiger partial charge in [0.1, 0.15) is 0 Å². The van der Waals surface area contributed by atoms with Gasteiger partial charge in [-0.1, -0.05) is 0 Å². The van der Waals surface area contributed by atoms with Crippen molar-refractivity contribution in [2.24, 2.45) is 0 Å². The number of carbonyl (C=O) groups is 1. The number of nitrogens with zero attached hydrogens (tertiary/aromatic N) is 1. The van der Waals surface area contributed by atoms with Crippen molar-refractivity contribution in [1.82, 2.24) is 4.90 Å². The van der Waals surface area contributed by atoms with Crippen LogP contribution < -0.4 is 0 Å². The average molecular weight is 128 g/mol. The van der Waals surface area contributed by atoms with Gasteiger partial charge in [0.2, 0.25) is 6.41 Å². The molecule has 0 bridgehead atoms. The Balaban J connectivity index is 3.94. The lowest BCUT2D eigenvalue weighted by atomic mass is 10.1. The van der Waals surface area contributed by atoms with Crippen molar-refractivity contribution in [1.29, 1.82) is 0 Å². The summed E-state index contributed by atoms with van der Waals surface area (Å²) >= 11 is 0. The molecule has 0 rings (SSSR count). The molecular formula is C7H14NO. The third kappa shape index (κ3) is 2.49. The van der Waals surface area contributed by atoms with Gasteiger partial charge in [-0.05, 0) is 27.7 Å². The Morgan fingerprint density at radius 3 is 2.00 bits per heavy atom. The summed E-state index contributed by atoms with van der Waals surface area (Å²) in [6, 6.07) is 0. The van der Waals surface area contributed by atoms with Crippen LogP contribution in [-0.4, -0.2) is 23.4 Å². The number of hydrogen-bond donors (Lipinski definition) is 0. The maximum Gasteiger partial charge on any atom is 0.210 e. The highest BCUT2D eigenvalue weighted by molar-refractivity contribution is 5.48. The first-order valence-electron chi connectivity index (χ1n) is 3.03. The van der Waals surface area contributed by atoms with Crippen LogP contribution in [0.5, 0.6) is 0 Å². The maximum absolute atomic E-state index is 10.3. The van der Waals surface area contributed by atoms with Crippen LogP contribution in [0.1, 0.15) is 20.8 Å². The molecule has 0 atom stereocenters. The predicted octanol–water partition coefficient (Wildman–Crippen LogP) is 1.08. The Hall–Kier alpha value is -0.530. The molecule has 0 aromatic rings. The summed E-state index contributed by atoms with van der Waals surface area (Å²) in [6.07, 6.45) is 0.826. The van der Waals surface area contributed by atoms with Crippen molar-refractivity contribution in [3.63, 3.8) is 0 Å². The normalized spacial score (nSPS) is 11.1. The summed E-state index contributed by atoms with van der Waals surface area (Å²) in [6.45, 7) is 10.1.